The van der Waals surface area contributed by atoms with Gasteiger partial charge in [0.25, 0.3) is 0 Å². The van der Waals surface area contributed by atoms with Crippen LogP contribution in [0.15, 0.2) is 24.3 Å². The molecule has 18 heavy (non-hydrogen) atoms. The summed E-state index contributed by atoms with van der Waals surface area (Å²) in [5, 5.41) is 8.68. The van der Waals surface area contributed by atoms with E-state index in [0.717, 1.165) is 12.1 Å². The van der Waals surface area contributed by atoms with E-state index in [4.69, 9.17) is 5.11 Å². The highest BCUT2D eigenvalue weighted by molar-refractivity contribution is 7.80. The number of hydrogen-bond donors (Lipinski definition) is 2. The second-order valence-electron chi connectivity index (χ2n) is 3.52. The first kappa shape index (κ1) is 14.6. The molecule has 6 heteroatoms. The summed E-state index contributed by atoms with van der Waals surface area (Å²) in [6, 6.07) is 2.95. The zero-order valence-electron chi connectivity index (χ0n) is 9.24. The first-order chi connectivity index (χ1) is 8.36. The maximum Gasteiger partial charge on any atom is 0.417 e. The Bertz CT molecular complexity index is 467. The monoisotopic (exact) mass is 276 g/mol. The maximum atomic E-state index is 12.8. The fourth-order valence-electron chi connectivity index (χ4n) is 1.36. The van der Waals surface area contributed by atoms with Gasteiger partial charge < -0.3 is 5.11 Å². The highest BCUT2D eigenvalue weighted by atomic mass is 32.1. The zero-order chi connectivity index (χ0) is 13.8. The second-order valence-corrected chi connectivity index (χ2v) is 3.97. The molecule has 0 spiro atoms. The van der Waals surface area contributed by atoms with E-state index in [1.165, 1.54) is 6.08 Å². The lowest BCUT2D eigenvalue weighted by Crippen LogP contribution is -2.09. The maximum absolute atomic E-state index is 12.8. The van der Waals surface area contributed by atoms with E-state index >= 15 is 0 Å². The Morgan fingerprint density at radius 3 is 2.56 bits per heavy atom. The van der Waals surface area contributed by atoms with Gasteiger partial charge in [-0.15, -0.1) is 0 Å². The minimum Gasteiger partial charge on any atom is -0.478 e. The molecule has 0 radical (unpaired) electrons. The van der Waals surface area contributed by atoms with Gasteiger partial charge in [-0.2, -0.15) is 25.8 Å². The van der Waals surface area contributed by atoms with Crippen molar-refractivity contribution >= 4 is 24.7 Å². The van der Waals surface area contributed by atoms with Crippen molar-refractivity contribution in [3.8, 4) is 0 Å². The summed E-state index contributed by atoms with van der Waals surface area (Å²) in [5.41, 5.74) is -1.37. The molecule has 1 aromatic carbocycles. The van der Waals surface area contributed by atoms with Crippen molar-refractivity contribution in [2.45, 2.75) is 12.6 Å². The molecule has 0 aliphatic carbocycles. The van der Waals surface area contributed by atoms with Crippen LogP contribution in [0.3, 0.4) is 0 Å². The van der Waals surface area contributed by atoms with Gasteiger partial charge in [0.2, 0.25) is 0 Å². The number of benzene rings is 1. The summed E-state index contributed by atoms with van der Waals surface area (Å²) in [4.78, 5) is 10.7. The third-order valence-electron chi connectivity index (χ3n) is 2.20. The number of carbonyl (C=O) groups is 1. The van der Waals surface area contributed by atoms with Gasteiger partial charge >= 0.3 is 12.1 Å². The van der Waals surface area contributed by atoms with Crippen LogP contribution in [0.25, 0.3) is 6.08 Å². The molecule has 0 heterocycles. The molecular weight excluding hydrogens is 265 g/mol. The van der Waals surface area contributed by atoms with Crippen LogP contribution in [0.5, 0.6) is 0 Å². The molecule has 2 nitrogen and oxygen atoms in total. The van der Waals surface area contributed by atoms with Crippen LogP contribution in [0, 0.1) is 0 Å². The van der Waals surface area contributed by atoms with Crippen molar-refractivity contribution in [1.82, 2.24) is 0 Å². The highest BCUT2D eigenvalue weighted by Crippen LogP contribution is 2.33. The second kappa shape index (κ2) is 5.95. The molecule has 98 valence electrons. The van der Waals surface area contributed by atoms with Crippen molar-refractivity contribution in [3.63, 3.8) is 0 Å². The molecule has 0 saturated carbocycles. The smallest absolute Gasteiger partial charge is 0.417 e. The van der Waals surface area contributed by atoms with E-state index in [9.17, 15) is 18.0 Å². The van der Waals surface area contributed by atoms with Crippen molar-refractivity contribution in [2.75, 3.05) is 5.75 Å². The molecular formula is C12H11F3O2S. The fraction of sp³-hybridized carbons (Fsp3) is 0.250. The third-order valence-corrected chi connectivity index (χ3v) is 2.46. The van der Waals surface area contributed by atoms with E-state index < -0.39 is 17.7 Å². The van der Waals surface area contributed by atoms with Crippen molar-refractivity contribution in [3.05, 3.63) is 41.0 Å². The highest BCUT2D eigenvalue weighted by Gasteiger charge is 2.33. The molecule has 0 atom stereocenters. The Morgan fingerprint density at radius 2 is 2.06 bits per heavy atom. The van der Waals surface area contributed by atoms with Gasteiger partial charge in [-0.3, -0.25) is 0 Å². The SMILES string of the molecule is O=C(O)c1ccc(C=CCCS)c(C(F)(F)F)c1. The number of alkyl halides is 3. The lowest BCUT2D eigenvalue weighted by molar-refractivity contribution is -0.137. The van der Waals surface area contributed by atoms with Gasteiger partial charge in [0, 0.05) is 0 Å². The largest absolute Gasteiger partial charge is 0.478 e. The molecule has 0 aliphatic rings. The first-order valence-electron chi connectivity index (χ1n) is 5.08. The molecule has 0 aliphatic heterocycles. The number of allylic oxidation sites excluding steroid dienone is 1. The number of halogens is 3. The predicted molar refractivity (Wildman–Crippen MR) is 65.9 cm³/mol. The van der Waals surface area contributed by atoms with E-state index in [2.05, 4.69) is 12.6 Å². The molecule has 0 aromatic heterocycles. The fourth-order valence-corrected chi connectivity index (χ4v) is 1.51. The van der Waals surface area contributed by atoms with E-state index in [-0.39, 0.29) is 11.1 Å². The van der Waals surface area contributed by atoms with Crippen LogP contribution in [-0.4, -0.2) is 16.8 Å². The molecule has 1 rings (SSSR count). The van der Waals surface area contributed by atoms with E-state index in [1.54, 1.807) is 6.08 Å². The minimum atomic E-state index is -4.58. The first-order valence-corrected chi connectivity index (χ1v) is 5.71. The van der Waals surface area contributed by atoms with E-state index in [1.807, 2.05) is 0 Å². The summed E-state index contributed by atoms with van der Waals surface area (Å²) in [6.07, 6.45) is -1.14. The topological polar surface area (TPSA) is 37.3 Å². The Balaban J connectivity index is 3.21. The molecule has 0 fully saturated rings. The Hall–Kier alpha value is -1.43. The average molecular weight is 276 g/mol. The van der Waals surface area contributed by atoms with Crippen molar-refractivity contribution in [1.29, 1.82) is 0 Å². The van der Waals surface area contributed by atoms with Crippen molar-refractivity contribution < 1.29 is 23.1 Å². The summed E-state index contributed by atoms with van der Waals surface area (Å²) in [6.45, 7) is 0. The molecule has 1 aromatic rings. The number of thiol groups is 1. The van der Waals surface area contributed by atoms with Crippen LogP contribution in [0.1, 0.15) is 27.9 Å². The van der Waals surface area contributed by atoms with Crippen LogP contribution in [0.4, 0.5) is 13.2 Å². The number of carboxylic acid groups (broad SMARTS) is 1. The summed E-state index contributed by atoms with van der Waals surface area (Å²) >= 11 is 3.94. The third kappa shape index (κ3) is 3.80. The van der Waals surface area contributed by atoms with Gasteiger partial charge in [-0.1, -0.05) is 18.2 Å². The molecule has 1 N–H and O–H groups in total. The standard InChI is InChI=1S/C12H11F3O2S/c13-12(14,15)10-7-9(11(16)17)5-4-8(10)3-1-2-6-18/h1,3-5,7,18H,2,6H2,(H,16,17). The normalized spacial score (nSPS) is 12.0. The Labute approximate surface area is 108 Å². The van der Waals surface area contributed by atoms with Crippen LogP contribution < -0.4 is 0 Å². The number of aromatic carboxylic acids is 1. The quantitative estimate of drug-likeness (QED) is 0.822. The average Bonchev–Trinajstić information content (AvgIpc) is 2.28. The zero-order valence-corrected chi connectivity index (χ0v) is 10.1. The van der Waals surface area contributed by atoms with Crippen LogP contribution in [-0.2, 0) is 6.18 Å². The molecule has 0 unspecified atom stereocenters. The molecule has 0 amide bonds. The van der Waals surface area contributed by atoms with Gasteiger partial charge in [0.15, 0.2) is 0 Å². The predicted octanol–water partition coefficient (Wildman–Crippen LogP) is 3.74. The van der Waals surface area contributed by atoms with Crippen LogP contribution >= 0.6 is 12.6 Å². The number of carboxylic acids is 1. The lowest BCUT2D eigenvalue weighted by atomic mass is 10.0. The minimum absolute atomic E-state index is 0.0470. The van der Waals surface area contributed by atoms with Gasteiger partial charge in [-0.05, 0) is 29.9 Å². The summed E-state index contributed by atoms with van der Waals surface area (Å²) < 4.78 is 38.3. The molecule has 0 bridgehead atoms. The van der Waals surface area contributed by atoms with Gasteiger partial charge in [-0.25, -0.2) is 4.79 Å². The van der Waals surface area contributed by atoms with Gasteiger partial charge in [0.1, 0.15) is 0 Å². The number of hydrogen-bond acceptors (Lipinski definition) is 2. The molecule has 0 saturated heterocycles. The Morgan fingerprint density at radius 1 is 1.39 bits per heavy atom. The van der Waals surface area contributed by atoms with Crippen molar-refractivity contribution in [2.24, 2.45) is 0 Å². The summed E-state index contributed by atoms with van der Waals surface area (Å²) in [5.74, 6) is -0.850. The van der Waals surface area contributed by atoms with Crippen LogP contribution in [0.2, 0.25) is 0 Å². The number of rotatable bonds is 4. The Kier molecular flexibility index (Phi) is 4.84. The lowest BCUT2D eigenvalue weighted by Gasteiger charge is -2.11. The summed E-state index contributed by atoms with van der Waals surface area (Å²) in [7, 11) is 0. The van der Waals surface area contributed by atoms with E-state index in [0.29, 0.717) is 18.2 Å². The van der Waals surface area contributed by atoms with Gasteiger partial charge in [0.05, 0.1) is 11.1 Å².